The zero-order valence-electron chi connectivity index (χ0n) is 17.4. The average molecular weight is 384 g/mol. The maximum atomic E-state index is 13.0. The number of hydrogen-bond acceptors (Lipinski definition) is 6. The molecular weight excluding hydrogens is 350 g/mol. The number of likely N-dealkylation sites (N-methyl/N-ethyl adjacent to an activating group) is 1. The monoisotopic (exact) mass is 383 g/mol. The number of carbonyl (C=O) groups excluding carboxylic acids is 2. The van der Waals surface area contributed by atoms with Crippen LogP contribution in [0.3, 0.4) is 0 Å². The number of thiazole rings is 1. The van der Waals surface area contributed by atoms with Crippen LogP contribution in [0.2, 0.25) is 0 Å². The summed E-state index contributed by atoms with van der Waals surface area (Å²) in [5.41, 5.74) is 0.160. The molecule has 0 N–H and O–H groups in total. The number of aromatic nitrogens is 1. The molecule has 148 valence electrons. The summed E-state index contributed by atoms with van der Waals surface area (Å²) in [4.78, 5) is 34.0. The molecule has 0 aliphatic carbocycles. The van der Waals surface area contributed by atoms with Crippen LogP contribution in [-0.2, 0) is 16.0 Å². The second kappa shape index (κ2) is 9.46. The molecule has 0 saturated heterocycles. The third-order valence-corrected chi connectivity index (χ3v) is 4.63. The number of rotatable bonds is 8. The van der Waals surface area contributed by atoms with E-state index in [0.29, 0.717) is 23.9 Å². The maximum Gasteiger partial charge on any atom is 0.326 e. The minimum atomic E-state index is -0.571. The predicted molar refractivity (Wildman–Crippen MR) is 106 cm³/mol. The van der Waals surface area contributed by atoms with E-state index in [-0.39, 0.29) is 12.5 Å². The zero-order chi connectivity index (χ0) is 20.1. The fraction of sp³-hybridized carbons (Fsp3) is 0.737. The van der Waals surface area contributed by atoms with Crippen molar-refractivity contribution >= 4 is 23.2 Å². The Kier molecular flexibility index (Phi) is 8.21. The molecule has 0 bridgehead atoms. The van der Waals surface area contributed by atoms with Crippen LogP contribution in [0.25, 0.3) is 0 Å². The minimum absolute atomic E-state index is 0.0548. The highest BCUT2D eigenvalue weighted by Gasteiger charge is 2.26. The van der Waals surface area contributed by atoms with E-state index in [1.807, 2.05) is 46.7 Å². The summed E-state index contributed by atoms with van der Waals surface area (Å²) in [5.74, 6) is -0.0630. The van der Waals surface area contributed by atoms with Crippen molar-refractivity contribution in [2.45, 2.75) is 53.6 Å². The topological polar surface area (TPSA) is 62.7 Å². The molecule has 1 aromatic heterocycles. The first-order valence-electron chi connectivity index (χ1n) is 9.01. The lowest BCUT2D eigenvalue weighted by molar-refractivity contribution is -0.155. The molecule has 0 spiro atoms. The second-order valence-corrected chi connectivity index (χ2v) is 9.32. The summed E-state index contributed by atoms with van der Waals surface area (Å²) in [7, 11) is 3.88. The van der Waals surface area contributed by atoms with Crippen molar-refractivity contribution in [2.75, 3.05) is 33.7 Å². The first-order valence-corrected chi connectivity index (χ1v) is 9.83. The van der Waals surface area contributed by atoms with Crippen molar-refractivity contribution < 1.29 is 14.3 Å². The highest BCUT2D eigenvalue weighted by Crippen LogP contribution is 2.22. The van der Waals surface area contributed by atoms with Gasteiger partial charge >= 0.3 is 5.97 Å². The largest absolute Gasteiger partial charge is 0.459 e. The van der Waals surface area contributed by atoms with E-state index < -0.39 is 11.6 Å². The molecule has 1 amide bonds. The smallest absolute Gasteiger partial charge is 0.326 e. The van der Waals surface area contributed by atoms with Crippen LogP contribution in [0.4, 0.5) is 0 Å². The van der Waals surface area contributed by atoms with Crippen LogP contribution >= 0.6 is 11.3 Å². The molecule has 0 radical (unpaired) electrons. The molecule has 0 saturated carbocycles. The van der Waals surface area contributed by atoms with Crippen LogP contribution in [0.5, 0.6) is 0 Å². The van der Waals surface area contributed by atoms with Crippen LogP contribution < -0.4 is 0 Å². The number of carbonyl (C=O) groups is 2. The van der Waals surface area contributed by atoms with Gasteiger partial charge in [-0.15, -0.1) is 11.3 Å². The number of ether oxygens (including phenoxy) is 1. The van der Waals surface area contributed by atoms with Gasteiger partial charge in [-0.2, -0.15) is 0 Å². The molecule has 0 unspecified atom stereocenters. The summed E-state index contributed by atoms with van der Waals surface area (Å²) in [6.07, 6.45) is 0.850. The van der Waals surface area contributed by atoms with Crippen LogP contribution in [0, 0.1) is 12.8 Å². The van der Waals surface area contributed by atoms with Crippen molar-refractivity contribution in [1.82, 2.24) is 14.8 Å². The van der Waals surface area contributed by atoms with Gasteiger partial charge < -0.3 is 14.5 Å². The van der Waals surface area contributed by atoms with Crippen molar-refractivity contribution in [2.24, 2.45) is 5.92 Å². The summed E-state index contributed by atoms with van der Waals surface area (Å²) in [5, 5.41) is 0.964. The van der Waals surface area contributed by atoms with Gasteiger partial charge in [-0.05, 0) is 47.7 Å². The minimum Gasteiger partial charge on any atom is -0.459 e. The van der Waals surface area contributed by atoms with Crippen LogP contribution in [0.1, 0.15) is 55.0 Å². The number of amides is 1. The van der Waals surface area contributed by atoms with Gasteiger partial charge in [0, 0.05) is 19.5 Å². The number of esters is 1. The molecule has 1 aromatic rings. The molecule has 1 rings (SSSR count). The van der Waals surface area contributed by atoms with E-state index in [1.54, 1.807) is 4.90 Å². The Hall–Kier alpha value is -1.47. The Morgan fingerprint density at radius 1 is 1.19 bits per heavy atom. The van der Waals surface area contributed by atoms with E-state index >= 15 is 0 Å². The molecule has 0 aliphatic rings. The van der Waals surface area contributed by atoms with E-state index in [1.165, 1.54) is 11.3 Å². The normalized spacial score (nSPS) is 11.9. The van der Waals surface area contributed by atoms with Gasteiger partial charge in [-0.3, -0.25) is 9.59 Å². The van der Waals surface area contributed by atoms with Gasteiger partial charge in [0.1, 0.15) is 17.0 Å². The van der Waals surface area contributed by atoms with E-state index in [9.17, 15) is 9.59 Å². The number of hydrogen-bond donors (Lipinski definition) is 0. The van der Waals surface area contributed by atoms with E-state index in [0.717, 1.165) is 17.1 Å². The highest BCUT2D eigenvalue weighted by molar-refractivity contribution is 7.13. The average Bonchev–Trinajstić information content (AvgIpc) is 2.80. The van der Waals surface area contributed by atoms with Gasteiger partial charge in [0.25, 0.3) is 5.91 Å². The molecule has 7 heteroatoms. The fourth-order valence-electron chi connectivity index (χ4n) is 2.33. The lowest BCUT2D eigenvalue weighted by Gasteiger charge is -2.26. The molecule has 6 nitrogen and oxygen atoms in total. The summed E-state index contributed by atoms with van der Waals surface area (Å²) >= 11 is 1.43. The summed E-state index contributed by atoms with van der Waals surface area (Å²) < 4.78 is 5.39. The van der Waals surface area contributed by atoms with Gasteiger partial charge in [0.15, 0.2) is 0 Å². The Balaban J connectivity index is 2.96. The molecule has 0 aliphatic heterocycles. The zero-order valence-corrected chi connectivity index (χ0v) is 18.2. The maximum absolute atomic E-state index is 13.0. The quantitative estimate of drug-likeness (QED) is 0.646. The number of nitrogens with zero attached hydrogens (tertiary/aromatic N) is 3. The standard InChI is InChI=1S/C19H33N3O3S/c1-13(2)11-15-20-14(3)17(26-15)18(24)22(10-9-21(7)8)12-16(23)25-19(4,5)6/h13H,9-12H2,1-8H3. The van der Waals surface area contributed by atoms with Gasteiger partial charge in [0.2, 0.25) is 0 Å². The molecular formula is C19H33N3O3S. The van der Waals surface area contributed by atoms with Crippen molar-refractivity contribution in [1.29, 1.82) is 0 Å². The van der Waals surface area contributed by atoms with Gasteiger partial charge in [-0.25, -0.2) is 4.98 Å². The Morgan fingerprint density at radius 3 is 2.31 bits per heavy atom. The molecule has 0 atom stereocenters. The SMILES string of the molecule is Cc1nc(CC(C)C)sc1C(=O)N(CCN(C)C)CC(=O)OC(C)(C)C. The van der Waals surface area contributed by atoms with Crippen molar-refractivity contribution in [3.63, 3.8) is 0 Å². The summed E-state index contributed by atoms with van der Waals surface area (Å²) in [6, 6.07) is 0. The Labute approximate surface area is 161 Å². The third kappa shape index (κ3) is 7.83. The molecule has 1 heterocycles. The molecule has 26 heavy (non-hydrogen) atoms. The first kappa shape index (κ1) is 22.6. The van der Waals surface area contributed by atoms with Gasteiger partial charge in [0.05, 0.1) is 10.7 Å². The molecule has 0 fully saturated rings. The Bertz CT molecular complexity index is 618. The molecule has 0 aromatic carbocycles. The third-order valence-electron chi connectivity index (χ3n) is 3.46. The van der Waals surface area contributed by atoms with E-state index in [2.05, 4.69) is 18.8 Å². The number of aryl methyl sites for hydroxylation is 1. The van der Waals surface area contributed by atoms with Crippen molar-refractivity contribution in [3.05, 3.63) is 15.6 Å². The summed E-state index contributed by atoms with van der Waals surface area (Å²) in [6.45, 7) is 12.7. The predicted octanol–water partition coefficient (Wildman–Crippen LogP) is 3.00. The van der Waals surface area contributed by atoms with Gasteiger partial charge in [-0.1, -0.05) is 13.8 Å². The highest BCUT2D eigenvalue weighted by atomic mass is 32.1. The van der Waals surface area contributed by atoms with Crippen LogP contribution in [-0.4, -0.2) is 66.0 Å². The van der Waals surface area contributed by atoms with Crippen LogP contribution in [0.15, 0.2) is 0 Å². The lowest BCUT2D eigenvalue weighted by atomic mass is 10.1. The first-order chi connectivity index (χ1) is 11.9. The Morgan fingerprint density at radius 2 is 1.81 bits per heavy atom. The van der Waals surface area contributed by atoms with Crippen molar-refractivity contribution in [3.8, 4) is 0 Å². The van der Waals surface area contributed by atoms with E-state index in [4.69, 9.17) is 4.74 Å². The lowest BCUT2D eigenvalue weighted by Crippen LogP contribution is -2.42. The fourth-order valence-corrected chi connectivity index (χ4v) is 3.58. The second-order valence-electron chi connectivity index (χ2n) is 8.24.